The number of carbonyl (C=O) groups is 1. The highest BCUT2D eigenvalue weighted by atomic mass is 79.9. The van der Waals surface area contributed by atoms with Crippen molar-refractivity contribution in [2.45, 2.75) is 18.7 Å². The molecule has 4 nitrogen and oxygen atoms in total. The molecule has 18 heavy (non-hydrogen) atoms. The average Bonchev–Trinajstić information content (AvgIpc) is 2.36. The van der Waals surface area contributed by atoms with Crippen molar-refractivity contribution in [1.82, 2.24) is 4.98 Å². The summed E-state index contributed by atoms with van der Waals surface area (Å²) in [5, 5.41) is 9.00. The van der Waals surface area contributed by atoms with E-state index < -0.39 is 18.0 Å². The number of nitrogens with zero attached hydrogens (tertiary/aromatic N) is 2. The fourth-order valence-corrected chi connectivity index (χ4v) is 1.92. The Labute approximate surface area is 111 Å². The van der Waals surface area contributed by atoms with Crippen molar-refractivity contribution in [3.8, 4) is 6.07 Å². The predicted octanol–water partition coefficient (Wildman–Crippen LogP) is 2.96. The molecule has 0 saturated heterocycles. The summed E-state index contributed by atoms with van der Waals surface area (Å²) in [6, 6.07) is 1.68. The number of ether oxygens (including phenoxy) is 1. The molecule has 0 aliphatic carbocycles. The molecule has 0 N–H and O–H groups in total. The second kappa shape index (κ2) is 6.40. The van der Waals surface area contributed by atoms with Crippen LogP contribution in [0.4, 0.5) is 8.78 Å². The van der Waals surface area contributed by atoms with Crippen molar-refractivity contribution in [1.29, 1.82) is 5.26 Å². The van der Waals surface area contributed by atoms with Gasteiger partial charge in [-0.2, -0.15) is 5.26 Å². The molecule has 1 aromatic heterocycles. The van der Waals surface area contributed by atoms with Crippen LogP contribution < -0.4 is 0 Å². The van der Waals surface area contributed by atoms with Crippen molar-refractivity contribution >= 4 is 21.9 Å². The Morgan fingerprint density at radius 3 is 2.78 bits per heavy atom. The number of carbonyl (C=O) groups excluding carboxylic acids is 1. The molecule has 1 aromatic rings. The van der Waals surface area contributed by atoms with Gasteiger partial charge in [-0.05, 0) is 6.92 Å². The Bertz CT molecular complexity index is 501. The fraction of sp³-hybridized carbons (Fsp3) is 0.364. The molecule has 0 atom stereocenters. The lowest BCUT2D eigenvalue weighted by Gasteiger charge is -2.10. The van der Waals surface area contributed by atoms with Crippen molar-refractivity contribution < 1.29 is 18.3 Å². The molecule has 0 fully saturated rings. The van der Waals surface area contributed by atoms with E-state index in [9.17, 15) is 13.6 Å². The molecule has 0 aliphatic rings. The van der Waals surface area contributed by atoms with Gasteiger partial charge >= 0.3 is 5.97 Å². The third-order valence-corrected chi connectivity index (χ3v) is 2.72. The van der Waals surface area contributed by atoms with E-state index in [2.05, 4.69) is 20.9 Å². The van der Waals surface area contributed by atoms with Crippen molar-refractivity contribution in [3.63, 3.8) is 0 Å². The van der Waals surface area contributed by atoms with Crippen LogP contribution in [0.1, 0.15) is 40.5 Å². The molecule has 7 heteroatoms. The third kappa shape index (κ3) is 2.82. The molecular formula is C11H9BrF2N2O2. The molecule has 0 amide bonds. The van der Waals surface area contributed by atoms with Crippen LogP contribution in [-0.4, -0.2) is 17.6 Å². The van der Waals surface area contributed by atoms with Gasteiger partial charge in [0, 0.05) is 17.1 Å². The Morgan fingerprint density at radius 2 is 2.33 bits per heavy atom. The van der Waals surface area contributed by atoms with Gasteiger partial charge in [0.2, 0.25) is 0 Å². The lowest BCUT2D eigenvalue weighted by Crippen LogP contribution is -2.13. The molecule has 1 rings (SSSR count). The fourth-order valence-electron chi connectivity index (χ4n) is 1.37. The summed E-state index contributed by atoms with van der Waals surface area (Å²) >= 11 is 3.06. The molecule has 0 spiro atoms. The quantitative estimate of drug-likeness (QED) is 0.632. The first-order chi connectivity index (χ1) is 8.56. The first-order valence-electron chi connectivity index (χ1n) is 4.99. The highest BCUT2D eigenvalue weighted by molar-refractivity contribution is 9.08. The Morgan fingerprint density at radius 1 is 1.67 bits per heavy atom. The largest absolute Gasteiger partial charge is 0.461 e. The summed E-state index contributed by atoms with van der Waals surface area (Å²) in [7, 11) is 0. The lowest BCUT2D eigenvalue weighted by molar-refractivity contribution is 0.0517. The SMILES string of the molecule is CCOC(=O)c1ncc(C(F)F)c(C#N)c1CBr. The van der Waals surface area contributed by atoms with Gasteiger partial charge in [-0.25, -0.2) is 18.6 Å². The first-order valence-corrected chi connectivity index (χ1v) is 6.12. The van der Waals surface area contributed by atoms with Crippen LogP contribution in [0.25, 0.3) is 0 Å². The van der Waals surface area contributed by atoms with Crippen molar-refractivity contribution in [2.24, 2.45) is 0 Å². The molecule has 0 unspecified atom stereocenters. The van der Waals surface area contributed by atoms with Crippen LogP contribution in [0.2, 0.25) is 0 Å². The van der Waals surface area contributed by atoms with Crippen LogP contribution in [0.3, 0.4) is 0 Å². The topological polar surface area (TPSA) is 63.0 Å². The van der Waals surface area contributed by atoms with Gasteiger partial charge in [-0.1, -0.05) is 15.9 Å². The van der Waals surface area contributed by atoms with Gasteiger partial charge in [0.05, 0.1) is 17.7 Å². The number of hydrogen-bond acceptors (Lipinski definition) is 4. The third-order valence-electron chi connectivity index (χ3n) is 2.16. The molecule has 0 saturated carbocycles. The number of nitriles is 1. The summed E-state index contributed by atoms with van der Waals surface area (Å²) in [6.45, 7) is 1.76. The summed E-state index contributed by atoms with van der Waals surface area (Å²) in [5.74, 6) is -0.732. The molecular weight excluding hydrogens is 310 g/mol. The zero-order valence-corrected chi connectivity index (χ0v) is 11.0. The first kappa shape index (κ1) is 14.5. The van der Waals surface area contributed by atoms with Crippen molar-refractivity contribution in [2.75, 3.05) is 6.61 Å². The normalized spacial score (nSPS) is 10.2. The van der Waals surface area contributed by atoms with Crippen LogP contribution in [0.15, 0.2) is 6.20 Å². The van der Waals surface area contributed by atoms with Crippen LogP contribution in [-0.2, 0) is 10.1 Å². The molecule has 0 aliphatic heterocycles. The maximum Gasteiger partial charge on any atom is 0.357 e. The summed E-state index contributed by atoms with van der Waals surface area (Å²) in [4.78, 5) is 15.2. The number of hydrogen-bond donors (Lipinski definition) is 0. The maximum atomic E-state index is 12.7. The Balaban J connectivity index is 3.40. The van der Waals surface area contributed by atoms with Gasteiger partial charge in [0.15, 0.2) is 5.69 Å². The Kier molecular flexibility index (Phi) is 5.16. The molecule has 0 bridgehead atoms. The highest BCUT2D eigenvalue weighted by Gasteiger charge is 2.23. The predicted molar refractivity (Wildman–Crippen MR) is 62.5 cm³/mol. The second-order valence-electron chi connectivity index (χ2n) is 3.18. The minimum Gasteiger partial charge on any atom is -0.461 e. The van der Waals surface area contributed by atoms with Gasteiger partial charge < -0.3 is 4.74 Å². The zero-order chi connectivity index (χ0) is 13.7. The Hall–Kier alpha value is -1.55. The number of rotatable bonds is 4. The van der Waals surface area contributed by atoms with E-state index in [1.807, 2.05) is 0 Å². The average molecular weight is 319 g/mol. The number of pyridine rings is 1. The maximum absolute atomic E-state index is 12.7. The van der Waals surface area contributed by atoms with E-state index in [0.717, 1.165) is 6.20 Å². The van der Waals surface area contributed by atoms with Crippen molar-refractivity contribution in [3.05, 3.63) is 28.6 Å². The summed E-state index contributed by atoms with van der Waals surface area (Å²) < 4.78 is 30.1. The van der Waals surface area contributed by atoms with E-state index in [-0.39, 0.29) is 28.8 Å². The molecule has 1 heterocycles. The standard InChI is InChI=1S/C11H9BrF2N2O2/c1-2-18-11(17)9-6(3-12)7(4-15)8(5-16-9)10(13)14/h5,10H,2-3H2,1H3. The summed E-state index contributed by atoms with van der Waals surface area (Å²) in [5.41, 5.74) is -0.719. The monoisotopic (exact) mass is 318 g/mol. The van der Waals surface area contributed by atoms with Gasteiger partial charge in [0.1, 0.15) is 6.07 Å². The second-order valence-corrected chi connectivity index (χ2v) is 3.74. The highest BCUT2D eigenvalue weighted by Crippen LogP contribution is 2.27. The number of halogens is 3. The van der Waals surface area contributed by atoms with Gasteiger partial charge in [-0.15, -0.1) is 0 Å². The smallest absolute Gasteiger partial charge is 0.357 e. The number of alkyl halides is 3. The van der Waals surface area contributed by atoms with Gasteiger partial charge in [0.25, 0.3) is 6.43 Å². The van der Waals surface area contributed by atoms with Gasteiger partial charge in [-0.3, -0.25) is 0 Å². The zero-order valence-electron chi connectivity index (χ0n) is 9.41. The molecule has 0 radical (unpaired) electrons. The van der Waals surface area contributed by atoms with Crippen LogP contribution in [0.5, 0.6) is 0 Å². The summed E-state index contributed by atoms with van der Waals surface area (Å²) in [6.07, 6.45) is -1.98. The lowest BCUT2D eigenvalue weighted by atomic mass is 10.0. The van der Waals surface area contributed by atoms with Crippen LogP contribution in [0, 0.1) is 11.3 Å². The van der Waals surface area contributed by atoms with E-state index >= 15 is 0 Å². The molecule has 0 aromatic carbocycles. The minimum absolute atomic E-state index is 0.0671. The van der Waals surface area contributed by atoms with E-state index in [0.29, 0.717) is 0 Å². The van der Waals surface area contributed by atoms with E-state index in [1.165, 1.54) is 0 Å². The van der Waals surface area contributed by atoms with E-state index in [4.69, 9.17) is 10.00 Å². The minimum atomic E-state index is -2.82. The van der Waals surface area contributed by atoms with E-state index in [1.54, 1.807) is 13.0 Å². The number of esters is 1. The number of aromatic nitrogens is 1. The van der Waals surface area contributed by atoms with Crippen LogP contribution >= 0.6 is 15.9 Å². The molecule has 96 valence electrons.